The van der Waals surface area contributed by atoms with E-state index in [1.165, 1.54) is 6.33 Å². The highest BCUT2D eigenvalue weighted by atomic mass is 79.9. The summed E-state index contributed by atoms with van der Waals surface area (Å²) in [5.41, 5.74) is 5.74. The van der Waals surface area contributed by atoms with Crippen LogP contribution >= 0.6 is 27.5 Å². The normalized spacial score (nSPS) is 12.5. The van der Waals surface area contributed by atoms with Crippen molar-refractivity contribution in [2.24, 2.45) is 5.73 Å². The van der Waals surface area contributed by atoms with E-state index in [0.29, 0.717) is 11.4 Å². The van der Waals surface area contributed by atoms with Gasteiger partial charge in [0.1, 0.15) is 29.6 Å². The average molecular weight is 474 g/mol. The number of hydrogen-bond acceptors (Lipinski definition) is 7. The van der Waals surface area contributed by atoms with Crippen molar-refractivity contribution in [3.63, 3.8) is 0 Å². The van der Waals surface area contributed by atoms with Crippen LogP contribution in [0.15, 0.2) is 33.9 Å². The highest BCUT2D eigenvalue weighted by Crippen LogP contribution is 2.17. The Morgan fingerprint density at radius 1 is 1.36 bits per heavy atom. The first kappa shape index (κ1) is 22.3. The number of ether oxygens (including phenoxy) is 2. The Morgan fingerprint density at radius 3 is 2.68 bits per heavy atom. The first-order valence-electron chi connectivity index (χ1n) is 8.51. The third-order valence-corrected chi connectivity index (χ3v) is 4.27. The summed E-state index contributed by atoms with van der Waals surface area (Å²) in [5.74, 6) is -0.431. The Morgan fingerprint density at radius 2 is 2.07 bits per heavy atom. The lowest BCUT2D eigenvalue weighted by Crippen LogP contribution is -2.32. The van der Waals surface area contributed by atoms with Crippen LogP contribution in [0.5, 0.6) is 5.88 Å². The Hall–Kier alpha value is -1.97. The maximum absolute atomic E-state index is 12.4. The first-order chi connectivity index (χ1) is 13.0. The molecule has 10 heteroatoms. The Kier molecular flexibility index (Phi) is 7.56. The molecule has 28 heavy (non-hydrogen) atoms. The van der Waals surface area contributed by atoms with Crippen molar-refractivity contribution in [3.8, 4) is 5.88 Å². The van der Waals surface area contributed by atoms with Crippen LogP contribution in [-0.4, -0.2) is 38.8 Å². The molecule has 8 nitrogen and oxygen atoms in total. The predicted molar refractivity (Wildman–Crippen MR) is 108 cm³/mol. The van der Waals surface area contributed by atoms with Crippen molar-refractivity contribution in [1.82, 2.24) is 14.5 Å². The van der Waals surface area contributed by atoms with Crippen molar-refractivity contribution in [2.45, 2.75) is 45.4 Å². The molecule has 0 radical (unpaired) electrons. The number of esters is 1. The van der Waals surface area contributed by atoms with E-state index < -0.39 is 17.1 Å². The number of nitrogens with two attached hydrogens (primary N) is 1. The molecule has 2 N–H and O–H groups in total. The van der Waals surface area contributed by atoms with E-state index in [0.717, 1.165) is 10.3 Å². The zero-order valence-electron chi connectivity index (χ0n) is 15.8. The number of hydrogen-bond donors (Lipinski definition) is 1. The van der Waals surface area contributed by atoms with Crippen LogP contribution in [-0.2, 0) is 22.5 Å². The molecular formula is C18H22BrClN4O4. The van der Waals surface area contributed by atoms with Crippen molar-refractivity contribution >= 4 is 33.5 Å². The summed E-state index contributed by atoms with van der Waals surface area (Å²) in [4.78, 5) is 32.5. The molecule has 2 heterocycles. The van der Waals surface area contributed by atoms with Crippen LogP contribution in [0.4, 0.5) is 0 Å². The molecule has 0 amide bonds. The Labute approximate surface area is 176 Å². The molecule has 0 unspecified atom stereocenters. The maximum atomic E-state index is 12.4. The Bertz CT molecular complexity index is 881. The Balaban J connectivity index is 1.97. The van der Waals surface area contributed by atoms with E-state index in [4.69, 9.17) is 26.8 Å². The summed E-state index contributed by atoms with van der Waals surface area (Å²) in [6.45, 7) is 5.14. The van der Waals surface area contributed by atoms with Gasteiger partial charge in [-0.15, -0.1) is 0 Å². The minimum absolute atomic E-state index is 0.102. The molecule has 0 aliphatic heterocycles. The van der Waals surface area contributed by atoms with Gasteiger partial charge in [-0.05, 0) is 48.8 Å². The van der Waals surface area contributed by atoms with Crippen molar-refractivity contribution in [1.29, 1.82) is 0 Å². The van der Waals surface area contributed by atoms with Gasteiger partial charge >= 0.3 is 5.97 Å². The summed E-state index contributed by atoms with van der Waals surface area (Å²) < 4.78 is 12.0. The molecule has 0 saturated carbocycles. The highest BCUT2D eigenvalue weighted by Gasteiger charge is 2.19. The van der Waals surface area contributed by atoms with Crippen molar-refractivity contribution in [2.75, 3.05) is 6.61 Å². The van der Waals surface area contributed by atoms with Gasteiger partial charge in [0, 0.05) is 24.4 Å². The number of aromatic nitrogens is 3. The van der Waals surface area contributed by atoms with Gasteiger partial charge in [-0.25, -0.2) is 4.98 Å². The van der Waals surface area contributed by atoms with Gasteiger partial charge in [0.15, 0.2) is 0 Å². The van der Waals surface area contributed by atoms with Crippen molar-refractivity contribution < 1.29 is 14.3 Å². The van der Waals surface area contributed by atoms with Gasteiger partial charge in [-0.3, -0.25) is 19.1 Å². The zero-order chi connectivity index (χ0) is 20.9. The fourth-order valence-electron chi connectivity index (χ4n) is 2.22. The van der Waals surface area contributed by atoms with E-state index in [1.807, 2.05) is 0 Å². The van der Waals surface area contributed by atoms with Gasteiger partial charge in [-0.2, -0.15) is 0 Å². The van der Waals surface area contributed by atoms with Crippen molar-refractivity contribution in [3.05, 3.63) is 50.2 Å². The second kappa shape index (κ2) is 9.49. The smallest absolute Gasteiger partial charge is 0.326 e. The average Bonchev–Trinajstić information content (AvgIpc) is 2.59. The molecule has 0 spiro atoms. The van der Waals surface area contributed by atoms with E-state index in [1.54, 1.807) is 39.1 Å². The minimum Gasteiger partial charge on any atom is -0.475 e. The number of halogens is 2. The SMILES string of the molecule is CC(C)(C)OC(=O)Cn1cnc(OC[C@H](N)Cc2ccc(Cl)cn2)c(Br)c1=O. The number of carbonyl (C=O) groups is 1. The summed E-state index contributed by atoms with van der Waals surface area (Å²) in [6, 6.07) is 3.17. The summed E-state index contributed by atoms with van der Waals surface area (Å²) in [7, 11) is 0. The molecule has 152 valence electrons. The van der Waals surface area contributed by atoms with Crippen LogP contribution in [0.2, 0.25) is 5.02 Å². The molecule has 0 saturated heterocycles. The number of rotatable bonds is 7. The topological polar surface area (TPSA) is 109 Å². The molecule has 0 aliphatic rings. The fraction of sp³-hybridized carbons (Fsp3) is 0.444. The monoisotopic (exact) mass is 472 g/mol. The number of pyridine rings is 1. The molecule has 0 bridgehead atoms. The molecule has 2 aromatic rings. The molecular weight excluding hydrogens is 452 g/mol. The third kappa shape index (κ3) is 6.88. The quantitative estimate of drug-likeness (QED) is 0.615. The lowest BCUT2D eigenvalue weighted by molar-refractivity contribution is -0.155. The summed E-state index contributed by atoms with van der Waals surface area (Å²) in [5, 5.41) is 0.550. The number of carbonyl (C=O) groups excluding carboxylic acids is 1. The van der Waals surface area contributed by atoms with E-state index in [-0.39, 0.29) is 29.5 Å². The zero-order valence-corrected chi connectivity index (χ0v) is 18.2. The molecule has 1 atom stereocenters. The van der Waals surface area contributed by atoms with Gasteiger partial charge in [0.25, 0.3) is 5.56 Å². The fourth-order valence-corrected chi connectivity index (χ4v) is 2.77. The van der Waals surface area contributed by atoms with Gasteiger partial charge in [-0.1, -0.05) is 11.6 Å². The van der Waals surface area contributed by atoms with Gasteiger partial charge < -0.3 is 15.2 Å². The van der Waals surface area contributed by atoms with Crippen LogP contribution in [0.25, 0.3) is 0 Å². The van der Waals surface area contributed by atoms with E-state index in [9.17, 15) is 9.59 Å². The van der Waals surface area contributed by atoms with Gasteiger partial charge in [0.2, 0.25) is 5.88 Å². The third-order valence-electron chi connectivity index (χ3n) is 3.36. The van der Waals surface area contributed by atoms with Crippen LogP contribution in [0.1, 0.15) is 26.5 Å². The lowest BCUT2D eigenvalue weighted by atomic mass is 10.1. The molecule has 0 fully saturated rings. The van der Waals surface area contributed by atoms with E-state index >= 15 is 0 Å². The van der Waals surface area contributed by atoms with Crippen LogP contribution in [0.3, 0.4) is 0 Å². The minimum atomic E-state index is -0.635. The summed E-state index contributed by atoms with van der Waals surface area (Å²) in [6.07, 6.45) is 3.26. The second-order valence-electron chi connectivity index (χ2n) is 7.13. The second-order valence-corrected chi connectivity index (χ2v) is 8.36. The standard InChI is InChI=1S/C18H22BrClN4O4/c1-18(2,3)28-14(25)8-24-10-23-16(15(19)17(24)26)27-9-12(21)6-13-5-4-11(20)7-22-13/h4-5,7,10,12H,6,8-9,21H2,1-3H3/t12-/m1/s1. The first-order valence-corrected chi connectivity index (χ1v) is 9.68. The number of nitrogens with zero attached hydrogens (tertiary/aromatic N) is 3. The molecule has 0 aromatic carbocycles. The predicted octanol–water partition coefficient (Wildman–Crippen LogP) is 2.34. The van der Waals surface area contributed by atoms with Gasteiger partial charge in [0.05, 0.1) is 5.02 Å². The van der Waals surface area contributed by atoms with E-state index in [2.05, 4.69) is 25.9 Å². The summed E-state index contributed by atoms with van der Waals surface area (Å²) >= 11 is 8.97. The molecule has 0 aliphatic carbocycles. The maximum Gasteiger partial charge on any atom is 0.326 e. The highest BCUT2D eigenvalue weighted by molar-refractivity contribution is 9.10. The van der Waals surface area contributed by atoms with Crippen LogP contribution < -0.4 is 16.0 Å². The van der Waals surface area contributed by atoms with Crippen LogP contribution in [0, 0.1) is 0 Å². The molecule has 2 rings (SSSR count). The molecule has 2 aromatic heterocycles. The largest absolute Gasteiger partial charge is 0.475 e. The lowest BCUT2D eigenvalue weighted by Gasteiger charge is -2.19.